The van der Waals surface area contributed by atoms with Crippen LogP contribution in [0.4, 0.5) is 14.6 Å². The molecule has 3 fully saturated rings. The van der Waals surface area contributed by atoms with Crippen molar-refractivity contribution < 1.29 is 18.7 Å². The van der Waals surface area contributed by atoms with E-state index in [1.807, 2.05) is 11.8 Å². The lowest BCUT2D eigenvalue weighted by molar-refractivity contribution is -0.126. The van der Waals surface area contributed by atoms with Gasteiger partial charge in [-0.3, -0.25) is 4.79 Å². The highest BCUT2D eigenvalue weighted by atomic mass is 19.1. The van der Waals surface area contributed by atoms with Crippen molar-refractivity contribution in [3.05, 3.63) is 76.8 Å². The van der Waals surface area contributed by atoms with Gasteiger partial charge in [0.05, 0.1) is 28.0 Å². The number of fused-ring (bicyclic) bond motifs is 1. The van der Waals surface area contributed by atoms with Crippen molar-refractivity contribution in [1.82, 2.24) is 29.4 Å². The summed E-state index contributed by atoms with van der Waals surface area (Å²) in [6, 6.07) is 4.59. The molecule has 1 amide bonds. The van der Waals surface area contributed by atoms with Gasteiger partial charge in [-0.25, -0.2) is 33.1 Å². The van der Waals surface area contributed by atoms with Gasteiger partial charge in [0.1, 0.15) is 29.4 Å². The van der Waals surface area contributed by atoms with Crippen molar-refractivity contribution in [2.75, 3.05) is 24.5 Å². The third kappa shape index (κ3) is 4.61. The second kappa shape index (κ2) is 10.2. The number of piperazine rings is 1. The van der Waals surface area contributed by atoms with Crippen LogP contribution in [0, 0.1) is 11.6 Å². The maximum Gasteiger partial charge on any atom is 0.355 e. The summed E-state index contributed by atoms with van der Waals surface area (Å²) >= 11 is 0. The standard InChI is InChI=1S/C31H29F2N7O3/c1-3-23(42)38-11-12-39(16(2)14-38)29-19-13-21(33)27(24-20(32)5-4-6-22(24)41)36-30(19)40(31(43)37-29)28-25(17-7-8-17)34-15-35-26(28)18-9-10-18/h3-6,13,15-18,41H,1,7-12,14H2,2H3/t16-/m0/s1. The van der Waals surface area contributed by atoms with E-state index in [1.54, 1.807) is 4.90 Å². The monoisotopic (exact) mass is 585 g/mol. The van der Waals surface area contributed by atoms with E-state index in [2.05, 4.69) is 26.5 Å². The predicted molar refractivity (Wildman–Crippen MR) is 155 cm³/mol. The average Bonchev–Trinajstić information content (AvgIpc) is 3.91. The van der Waals surface area contributed by atoms with E-state index in [1.165, 1.54) is 35.2 Å². The number of hydrogen-bond donors (Lipinski definition) is 1. The van der Waals surface area contributed by atoms with Crippen molar-refractivity contribution in [3.63, 3.8) is 0 Å². The molecular formula is C31H29F2N7O3. The van der Waals surface area contributed by atoms with E-state index in [-0.39, 0.29) is 40.6 Å². The topological polar surface area (TPSA) is 117 Å². The van der Waals surface area contributed by atoms with E-state index < -0.39 is 34.3 Å². The number of phenolic OH excluding ortho intramolecular Hbond substituents is 1. The molecule has 7 rings (SSSR count). The van der Waals surface area contributed by atoms with Gasteiger partial charge in [-0.2, -0.15) is 4.98 Å². The van der Waals surface area contributed by atoms with Crippen molar-refractivity contribution >= 4 is 22.8 Å². The molecule has 0 unspecified atom stereocenters. The molecule has 0 bridgehead atoms. The second-order valence-electron chi connectivity index (χ2n) is 11.4. The lowest BCUT2D eigenvalue weighted by atomic mass is 10.1. The van der Waals surface area contributed by atoms with Crippen molar-refractivity contribution in [1.29, 1.82) is 0 Å². The molecule has 1 saturated heterocycles. The zero-order valence-corrected chi connectivity index (χ0v) is 23.5. The summed E-state index contributed by atoms with van der Waals surface area (Å²) in [6.45, 7) is 6.48. The molecule has 3 aliphatic rings. The number of carbonyl (C=O) groups is 1. The minimum atomic E-state index is -0.886. The van der Waals surface area contributed by atoms with Gasteiger partial charge in [-0.1, -0.05) is 12.6 Å². The largest absolute Gasteiger partial charge is 0.507 e. The molecule has 12 heteroatoms. The minimum Gasteiger partial charge on any atom is -0.507 e. The van der Waals surface area contributed by atoms with Crippen LogP contribution in [0.15, 0.2) is 48.0 Å². The fourth-order valence-corrected chi connectivity index (χ4v) is 6.00. The molecule has 4 heterocycles. The number of phenols is 1. The van der Waals surface area contributed by atoms with Crippen LogP contribution in [0.5, 0.6) is 5.75 Å². The van der Waals surface area contributed by atoms with E-state index in [4.69, 9.17) is 0 Å². The third-order valence-electron chi connectivity index (χ3n) is 8.45. The van der Waals surface area contributed by atoms with Crippen LogP contribution in [-0.2, 0) is 4.79 Å². The Kier molecular flexibility index (Phi) is 6.44. The van der Waals surface area contributed by atoms with Crippen molar-refractivity contribution in [2.24, 2.45) is 0 Å². The molecule has 10 nitrogen and oxygen atoms in total. The zero-order chi connectivity index (χ0) is 30.0. The summed E-state index contributed by atoms with van der Waals surface area (Å²) in [5.74, 6) is -1.93. The van der Waals surface area contributed by atoms with Crippen LogP contribution in [-0.4, -0.2) is 66.1 Å². The highest BCUT2D eigenvalue weighted by Crippen LogP contribution is 2.47. The Labute approximate surface area is 245 Å². The van der Waals surface area contributed by atoms with Crippen LogP contribution in [0.3, 0.4) is 0 Å². The first-order valence-corrected chi connectivity index (χ1v) is 14.4. The molecular weight excluding hydrogens is 556 g/mol. The molecule has 1 N–H and O–H groups in total. The van der Waals surface area contributed by atoms with Gasteiger partial charge < -0.3 is 14.9 Å². The van der Waals surface area contributed by atoms with Crippen LogP contribution >= 0.6 is 0 Å². The van der Waals surface area contributed by atoms with Crippen molar-refractivity contribution in [2.45, 2.75) is 50.5 Å². The first-order valence-electron chi connectivity index (χ1n) is 14.4. The molecule has 1 aromatic carbocycles. The summed E-state index contributed by atoms with van der Waals surface area (Å²) < 4.78 is 32.3. The summed E-state index contributed by atoms with van der Waals surface area (Å²) in [5.41, 5.74) is 0.491. The van der Waals surface area contributed by atoms with Crippen molar-refractivity contribution in [3.8, 4) is 22.7 Å². The Morgan fingerprint density at radius 1 is 1.05 bits per heavy atom. The maximum absolute atomic E-state index is 15.9. The van der Waals surface area contributed by atoms with Crippen LogP contribution in [0.2, 0.25) is 0 Å². The number of aromatic nitrogens is 5. The van der Waals surface area contributed by atoms with E-state index in [9.17, 15) is 14.7 Å². The first kappa shape index (κ1) is 27.1. The number of rotatable bonds is 6. The number of hydrogen-bond acceptors (Lipinski definition) is 8. The molecule has 0 spiro atoms. The quantitative estimate of drug-likeness (QED) is 0.335. The highest BCUT2D eigenvalue weighted by Gasteiger charge is 2.37. The predicted octanol–water partition coefficient (Wildman–Crippen LogP) is 4.20. The summed E-state index contributed by atoms with van der Waals surface area (Å²) in [4.78, 5) is 48.1. The Morgan fingerprint density at radius 2 is 1.74 bits per heavy atom. The molecule has 1 aliphatic heterocycles. The Hall–Kier alpha value is -4.74. The fourth-order valence-electron chi connectivity index (χ4n) is 6.00. The van der Waals surface area contributed by atoms with Crippen LogP contribution < -0.4 is 10.6 Å². The van der Waals surface area contributed by atoms with Gasteiger partial charge in [0, 0.05) is 37.5 Å². The van der Waals surface area contributed by atoms with E-state index >= 15 is 8.78 Å². The number of halogens is 2. The third-order valence-corrected chi connectivity index (χ3v) is 8.45. The molecule has 43 heavy (non-hydrogen) atoms. The van der Waals surface area contributed by atoms with E-state index in [0.717, 1.165) is 31.7 Å². The number of pyridine rings is 1. The maximum atomic E-state index is 15.9. The van der Waals surface area contributed by atoms with Crippen LogP contribution in [0.1, 0.15) is 55.8 Å². The molecule has 3 aromatic heterocycles. The Bertz CT molecular complexity index is 1820. The number of nitrogens with zero attached hydrogens (tertiary/aromatic N) is 7. The van der Waals surface area contributed by atoms with Gasteiger partial charge in [0.15, 0.2) is 11.5 Å². The Balaban J connectivity index is 1.50. The molecule has 2 saturated carbocycles. The number of aromatic hydroxyl groups is 1. The number of anilines is 1. The number of benzene rings is 1. The molecule has 1 atom stereocenters. The van der Waals surface area contributed by atoms with Crippen LogP contribution in [0.25, 0.3) is 28.0 Å². The second-order valence-corrected chi connectivity index (χ2v) is 11.4. The molecule has 0 radical (unpaired) electrons. The SMILES string of the molecule is C=CC(=O)N1CCN(c2nc(=O)n(-c3c(C4CC4)ncnc3C3CC3)c3nc(-c4c(O)cccc4F)c(F)cc23)[C@@H](C)C1. The van der Waals surface area contributed by atoms with Gasteiger partial charge in [0.25, 0.3) is 0 Å². The number of carbonyl (C=O) groups excluding carboxylic acids is 1. The smallest absolute Gasteiger partial charge is 0.355 e. The normalized spacial score (nSPS) is 18.7. The molecule has 220 valence electrons. The lowest BCUT2D eigenvalue weighted by Gasteiger charge is -2.40. The minimum absolute atomic E-state index is 0.0597. The van der Waals surface area contributed by atoms with Gasteiger partial charge in [-0.05, 0) is 56.9 Å². The summed E-state index contributed by atoms with van der Waals surface area (Å²) in [6.07, 6.45) is 6.41. The highest BCUT2D eigenvalue weighted by molar-refractivity contribution is 5.91. The average molecular weight is 586 g/mol. The Morgan fingerprint density at radius 3 is 2.35 bits per heavy atom. The molecule has 4 aromatic rings. The first-order chi connectivity index (χ1) is 20.8. The summed E-state index contributed by atoms with van der Waals surface area (Å²) in [7, 11) is 0. The zero-order valence-electron chi connectivity index (χ0n) is 23.5. The van der Waals surface area contributed by atoms with E-state index in [0.29, 0.717) is 36.7 Å². The van der Waals surface area contributed by atoms with Gasteiger partial charge in [-0.15, -0.1) is 0 Å². The molecule has 2 aliphatic carbocycles. The van der Waals surface area contributed by atoms with Gasteiger partial charge >= 0.3 is 5.69 Å². The van der Waals surface area contributed by atoms with Gasteiger partial charge in [0.2, 0.25) is 5.91 Å². The number of amides is 1. The lowest BCUT2D eigenvalue weighted by Crippen LogP contribution is -2.54. The summed E-state index contributed by atoms with van der Waals surface area (Å²) in [5, 5.41) is 10.8. The fraction of sp³-hybridized carbons (Fsp3) is 0.355.